The molecule has 5 heteroatoms. The van der Waals surface area contributed by atoms with Crippen molar-refractivity contribution in [3.63, 3.8) is 0 Å². The van der Waals surface area contributed by atoms with Gasteiger partial charge in [0.1, 0.15) is 17.2 Å². The third kappa shape index (κ3) is 3.85. The summed E-state index contributed by atoms with van der Waals surface area (Å²) in [5, 5.41) is 7.95. The van der Waals surface area contributed by atoms with Crippen LogP contribution in [0.3, 0.4) is 0 Å². The zero-order valence-corrected chi connectivity index (χ0v) is 13.5. The van der Waals surface area contributed by atoms with Crippen LogP contribution in [0.25, 0.3) is 0 Å². The van der Waals surface area contributed by atoms with Crippen LogP contribution >= 0.6 is 0 Å². The molecule has 0 radical (unpaired) electrons. The van der Waals surface area contributed by atoms with Crippen molar-refractivity contribution in [3.05, 3.63) is 41.7 Å². The quantitative estimate of drug-likeness (QED) is 0.883. The number of ether oxygens (including phenoxy) is 2. The molecule has 3 rings (SSSR count). The lowest BCUT2D eigenvalue weighted by Gasteiger charge is -2.22. The van der Waals surface area contributed by atoms with Crippen molar-refractivity contribution in [1.82, 2.24) is 15.1 Å². The van der Waals surface area contributed by atoms with E-state index in [0.717, 1.165) is 48.7 Å². The molecule has 0 unspecified atom stereocenters. The van der Waals surface area contributed by atoms with E-state index in [9.17, 15) is 0 Å². The maximum atomic E-state index is 5.26. The number of piperidine rings is 1. The zero-order chi connectivity index (χ0) is 16.1. The lowest BCUT2D eigenvalue weighted by Crippen LogP contribution is -2.29. The highest BCUT2D eigenvalue weighted by Gasteiger charge is 2.15. The zero-order valence-electron chi connectivity index (χ0n) is 13.5. The summed E-state index contributed by atoms with van der Waals surface area (Å²) in [5.74, 6) is 7.70. The Hall–Kier alpha value is -2.45. The number of hydrogen-bond acceptors (Lipinski definition) is 4. The maximum Gasteiger partial charge on any atom is 0.135 e. The molecule has 1 aromatic carbocycles. The van der Waals surface area contributed by atoms with Crippen LogP contribution < -0.4 is 14.8 Å². The van der Waals surface area contributed by atoms with Crippen LogP contribution in [0.2, 0.25) is 0 Å². The number of methoxy groups -OCH3 is 2. The fraction of sp³-hybridized carbons (Fsp3) is 0.389. The number of nitrogens with zero attached hydrogens (tertiary/aromatic N) is 2. The standard InChI is InChI=1S/C18H21N3O2/c1-22-17-11-14(12-18(13-17)23-2)3-4-15-7-10-21(20-15)16-5-8-19-9-6-16/h7,10-13,16,19H,5-6,8-9H2,1-2H3. The van der Waals surface area contributed by atoms with Crippen LogP contribution in [0.4, 0.5) is 0 Å². The summed E-state index contributed by atoms with van der Waals surface area (Å²) in [7, 11) is 3.26. The molecule has 120 valence electrons. The Labute approximate surface area is 136 Å². The highest BCUT2D eigenvalue weighted by molar-refractivity contribution is 5.48. The first-order valence-corrected chi connectivity index (χ1v) is 7.79. The minimum Gasteiger partial charge on any atom is -0.497 e. The summed E-state index contributed by atoms with van der Waals surface area (Å²) in [5.41, 5.74) is 1.63. The molecule has 0 amide bonds. The van der Waals surface area contributed by atoms with Gasteiger partial charge in [-0.3, -0.25) is 4.68 Å². The van der Waals surface area contributed by atoms with Gasteiger partial charge in [0.2, 0.25) is 0 Å². The van der Waals surface area contributed by atoms with Crippen molar-refractivity contribution in [3.8, 4) is 23.3 Å². The molecule has 5 nitrogen and oxygen atoms in total. The molecule has 0 spiro atoms. The van der Waals surface area contributed by atoms with Crippen molar-refractivity contribution in [2.45, 2.75) is 18.9 Å². The van der Waals surface area contributed by atoms with E-state index in [4.69, 9.17) is 9.47 Å². The molecule has 1 aliphatic rings. The van der Waals surface area contributed by atoms with E-state index < -0.39 is 0 Å². The molecule has 1 fully saturated rings. The van der Waals surface area contributed by atoms with E-state index in [1.807, 2.05) is 35.1 Å². The largest absolute Gasteiger partial charge is 0.497 e. The van der Waals surface area contributed by atoms with Crippen LogP contribution in [0.15, 0.2) is 30.5 Å². The predicted octanol–water partition coefficient (Wildman–Crippen LogP) is 2.22. The monoisotopic (exact) mass is 311 g/mol. The Bertz CT molecular complexity index is 699. The molecule has 2 aromatic rings. The molecule has 1 saturated heterocycles. The third-order valence-electron chi connectivity index (χ3n) is 3.98. The third-order valence-corrected chi connectivity index (χ3v) is 3.98. The number of aromatic nitrogens is 2. The van der Waals surface area contributed by atoms with E-state index in [1.54, 1.807) is 14.2 Å². The molecule has 1 N–H and O–H groups in total. The summed E-state index contributed by atoms with van der Waals surface area (Å²) >= 11 is 0. The molecule has 0 atom stereocenters. The molecule has 0 aliphatic carbocycles. The summed E-state index contributed by atoms with van der Waals surface area (Å²) < 4.78 is 12.6. The van der Waals surface area contributed by atoms with E-state index in [-0.39, 0.29) is 0 Å². The Morgan fingerprint density at radius 2 is 1.78 bits per heavy atom. The molecule has 23 heavy (non-hydrogen) atoms. The second kappa shape index (κ2) is 7.21. The van der Waals surface area contributed by atoms with Crippen molar-refractivity contribution in [1.29, 1.82) is 0 Å². The van der Waals surface area contributed by atoms with Gasteiger partial charge in [-0.2, -0.15) is 5.10 Å². The molecule has 0 bridgehead atoms. The van der Waals surface area contributed by atoms with Gasteiger partial charge >= 0.3 is 0 Å². The predicted molar refractivity (Wildman–Crippen MR) is 88.9 cm³/mol. The van der Waals surface area contributed by atoms with Gasteiger partial charge < -0.3 is 14.8 Å². The normalized spacial score (nSPS) is 14.9. The Kier molecular flexibility index (Phi) is 4.84. The van der Waals surface area contributed by atoms with E-state index in [2.05, 4.69) is 22.3 Å². The van der Waals surface area contributed by atoms with Crippen molar-refractivity contribution in [2.24, 2.45) is 0 Å². The minimum atomic E-state index is 0.476. The van der Waals surface area contributed by atoms with Crippen LogP contribution in [0.1, 0.15) is 30.1 Å². The van der Waals surface area contributed by atoms with Crippen molar-refractivity contribution in [2.75, 3.05) is 27.3 Å². The number of benzene rings is 1. The highest BCUT2D eigenvalue weighted by atomic mass is 16.5. The van der Waals surface area contributed by atoms with E-state index >= 15 is 0 Å². The van der Waals surface area contributed by atoms with Gasteiger partial charge in [-0.15, -0.1) is 0 Å². The van der Waals surface area contributed by atoms with Gasteiger partial charge in [-0.25, -0.2) is 0 Å². The summed E-state index contributed by atoms with van der Waals surface area (Å²) in [4.78, 5) is 0. The number of nitrogens with one attached hydrogen (secondary N) is 1. The van der Waals surface area contributed by atoms with Crippen molar-refractivity contribution >= 4 is 0 Å². The van der Waals surface area contributed by atoms with Gasteiger partial charge in [-0.1, -0.05) is 5.92 Å². The average molecular weight is 311 g/mol. The lowest BCUT2D eigenvalue weighted by molar-refractivity contribution is 0.343. The Balaban J connectivity index is 1.77. The molecule has 1 aromatic heterocycles. The van der Waals surface area contributed by atoms with Gasteiger partial charge in [-0.05, 0) is 50.1 Å². The molecule has 1 aliphatic heterocycles. The molecular weight excluding hydrogens is 290 g/mol. The summed E-state index contributed by atoms with van der Waals surface area (Å²) in [6, 6.07) is 8.05. The highest BCUT2D eigenvalue weighted by Crippen LogP contribution is 2.22. The van der Waals surface area contributed by atoms with Crippen LogP contribution in [-0.2, 0) is 0 Å². The fourth-order valence-corrected chi connectivity index (χ4v) is 2.70. The second-order valence-electron chi connectivity index (χ2n) is 5.51. The van der Waals surface area contributed by atoms with Crippen molar-refractivity contribution < 1.29 is 9.47 Å². The van der Waals surface area contributed by atoms with Gasteiger partial charge in [0.05, 0.1) is 20.3 Å². The van der Waals surface area contributed by atoms with E-state index in [1.165, 1.54) is 0 Å². The topological polar surface area (TPSA) is 48.3 Å². The summed E-state index contributed by atoms with van der Waals surface area (Å²) in [6.45, 7) is 2.10. The van der Waals surface area contributed by atoms with Crippen LogP contribution in [-0.4, -0.2) is 37.1 Å². The first-order chi connectivity index (χ1) is 11.3. The molecular formula is C18H21N3O2. The number of hydrogen-bond donors (Lipinski definition) is 1. The lowest BCUT2D eigenvalue weighted by atomic mass is 10.1. The van der Waals surface area contributed by atoms with Gasteiger partial charge in [0.25, 0.3) is 0 Å². The van der Waals surface area contributed by atoms with E-state index in [0.29, 0.717) is 6.04 Å². The van der Waals surface area contributed by atoms with Crippen LogP contribution in [0, 0.1) is 11.8 Å². The van der Waals surface area contributed by atoms with Crippen LogP contribution in [0.5, 0.6) is 11.5 Å². The molecule has 0 saturated carbocycles. The first-order valence-electron chi connectivity index (χ1n) is 7.79. The number of rotatable bonds is 3. The Morgan fingerprint density at radius 1 is 1.09 bits per heavy atom. The van der Waals surface area contributed by atoms with Gasteiger partial charge in [0, 0.05) is 17.8 Å². The average Bonchev–Trinajstić information content (AvgIpc) is 3.09. The summed E-state index contributed by atoms with van der Waals surface area (Å²) in [6.07, 6.45) is 4.25. The fourth-order valence-electron chi connectivity index (χ4n) is 2.70. The second-order valence-corrected chi connectivity index (χ2v) is 5.51. The molecule has 2 heterocycles. The first kappa shape index (κ1) is 15.4. The van der Waals surface area contributed by atoms with Gasteiger partial charge in [0.15, 0.2) is 0 Å². The minimum absolute atomic E-state index is 0.476. The smallest absolute Gasteiger partial charge is 0.135 e. The SMILES string of the molecule is COc1cc(C#Cc2ccn(C3CCNCC3)n2)cc(OC)c1. The Morgan fingerprint density at radius 3 is 2.43 bits per heavy atom. The maximum absolute atomic E-state index is 5.26.